The molecule has 1 saturated carbocycles. The van der Waals surface area contributed by atoms with E-state index in [0.717, 1.165) is 29.5 Å². The van der Waals surface area contributed by atoms with E-state index in [2.05, 4.69) is 0 Å². The van der Waals surface area contributed by atoms with E-state index >= 15 is 0 Å². The Morgan fingerprint density at radius 2 is 1.74 bits per heavy atom. The summed E-state index contributed by atoms with van der Waals surface area (Å²) in [5.74, 6) is -0.928. The van der Waals surface area contributed by atoms with Crippen LogP contribution in [0.5, 0.6) is 5.75 Å². The summed E-state index contributed by atoms with van der Waals surface area (Å²) in [7, 11) is 0. The lowest BCUT2D eigenvalue weighted by molar-refractivity contribution is -0.385. The molecule has 47 heavy (non-hydrogen) atoms. The van der Waals surface area contributed by atoms with Crippen molar-refractivity contribution in [3.05, 3.63) is 120 Å². The topological polar surface area (TPSA) is 168 Å². The molecule has 0 saturated heterocycles. The third kappa shape index (κ3) is 4.56. The molecule has 3 aromatic carbocycles. The minimum atomic E-state index is -1.29. The van der Waals surface area contributed by atoms with Crippen molar-refractivity contribution in [1.82, 2.24) is 9.55 Å². The van der Waals surface area contributed by atoms with E-state index in [1.807, 2.05) is 30.3 Å². The number of nitro benzene ring substituents is 2. The van der Waals surface area contributed by atoms with Crippen LogP contribution in [0.15, 0.2) is 82.6 Å². The van der Waals surface area contributed by atoms with Gasteiger partial charge in [-0.05, 0) is 42.4 Å². The number of aliphatic carboxylic acids is 1. The maximum Gasteiger partial charge on any atom is 0.326 e. The van der Waals surface area contributed by atoms with Crippen molar-refractivity contribution in [2.45, 2.75) is 48.1 Å². The average Bonchev–Trinajstić information content (AvgIpc) is 3.92. The van der Waals surface area contributed by atoms with E-state index in [4.69, 9.17) is 9.72 Å². The quantitative estimate of drug-likeness (QED) is 0.147. The van der Waals surface area contributed by atoms with Gasteiger partial charge < -0.3 is 9.84 Å². The lowest BCUT2D eigenvalue weighted by atomic mass is 9.88. The Hall–Kier alpha value is -5.56. The van der Waals surface area contributed by atoms with Gasteiger partial charge >= 0.3 is 5.97 Å². The number of fused-ring (bicyclic) bond motifs is 5. The van der Waals surface area contributed by atoms with Crippen LogP contribution in [0.4, 0.5) is 11.4 Å². The van der Waals surface area contributed by atoms with Crippen LogP contribution in [0.3, 0.4) is 0 Å². The molecule has 4 heterocycles. The molecule has 8 rings (SSSR count). The summed E-state index contributed by atoms with van der Waals surface area (Å²) >= 11 is 1.29. The first-order valence-electron chi connectivity index (χ1n) is 15.0. The number of nitro groups is 2. The highest BCUT2D eigenvalue weighted by molar-refractivity contribution is 7.99. The molecule has 2 atom stereocenters. The summed E-state index contributed by atoms with van der Waals surface area (Å²) in [5, 5.41) is 34.5. The van der Waals surface area contributed by atoms with Gasteiger partial charge in [0, 0.05) is 45.0 Å². The summed E-state index contributed by atoms with van der Waals surface area (Å²) in [6, 6.07) is 18.8. The Bertz CT molecular complexity index is 2250. The predicted octanol–water partition coefficient (Wildman–Crippen LogP) is 7.18. The molecule has 0 radical (unpaired) electrons. The number of thioether (sulfide) groups is 1. The van der Waals surface area contributed by atoms with Crippen molar-refractivity contribution in [3.8, 4) is 28.1 Å². The molecule has 2 aliphatic heterocycles. The molecule has 13 heteroatoms. The van der Waals surface area contributed by atoms with Gasteiger partial charge in [-0.2, -0.15) is 0 Å². The van der Waals surface area contributed by atoms with Gasteiger partial charge in [-0.3, -0.25) is 29.6 Å². The fraction of sp³-hybridized carbons (Fsp3) is 0.206. The molecule has 5 aromatic rings. The van der Waals surface area contributed by atoms with Crippen LogP contribution in [0.2, 0.25) is 0 Å². The monoisotopic (exact) mass is 648 g/mol. The minimum Gasteiger partial charge on any atom is -0.488 e. The molecule has 2 unspecified atom stereocenters. The van der Waals surface area contributed by atoms with E-state index in [-0.39, 0.29) is 41.6 Å². The van der Waals surface area contributed by atoms with E-state index < -0.39 is 32.7 Å². The number of carboxylic acids is 1. The fourth-order valence-electron chi connectivity index (χ4n) is 6.83. The van der Waals surface area contributed by atoms with Crippen molar-refractivity contribution in [2.24, 2.45) is 0 Å². The molecule has 1 aliphatic carbocycles. The summed E-state index contributed by atoms with van der Waals surface area (Å²) in [6.07, 6.45) is 1.61. The zero-order valence-corrected chi connectivity index (χ0v) is 25.3. The van der Waals surface area contributed by atoms with Crippen LogP contribution in [0.1, 0.15) is 53.2 Å². The standard InChI is InChI=1S/C34H24N4O8S/c39-32-31-29(27(17-6-2-1-3-7-17)22-16-46-25-14-19(37(42)43)12-13-21(25)30(22)35-31)28(18-10-11-18)33-36(32)24(34(40)41)15-26(47-33)20-8-4-5-9-23(20)38(44)45/h1-9,12-14,18,24,26H,10-11,15-16H2,(H,40,41). The van der Waals surface area contributed by atoms with Gasteiger partial charge in [-0.1, -0.05) is 60.3 Å². The van der Waals surface area contributed by atoms with Gasteiger partial charge in [0.15, 0.2) is 0 Å². The number of rotatable bonds is 6. The number of non-ortho nitro benzene ring substituents is 1. The zero-order chi connectivity index (χ0) is 32.6. The lowest BCUT2D eigenvalue weighted by Gasteiger charge is -2.33. The number of carbonyl (C=O) groups is 1. The average molecular weight is 649 g/mol. The summed E-state index contributed by atoms with van der Waals surface area (Å²) in [6.45, 7) is 0.0446. The van der Waals surface area contributed by atoms with Gasteiger partial charge in [0.2, 0.25) is 0 Å². The Morgan fingerprint density at radius 1 is 1.00 bits per heavy atom. The van der Waals surface area contributed by atoms with Crippen LogP contribution in [-0.4, -0.2) is 30.5 Å². The number of para-hydroxylation sites is 1. The molecule has 12 nitrogen and oxygen atoms in total. The van der Waals surface area contributed by atoms with Crippen molar-refractivity contribution < 1.29 is 24.5 Å². The van der Waals surface area contributed by atoms with Crippen molar-refractivity contribution in [3.63, 3.8) is 0 Å². The van der Waals surface area contributed by atoms with Crippen molar-refractivity contribution >= 4 is 40.0 Å². The van der Waals surface area contributed by atoms with Gasteiger partial charge in [0.05, 0.1) is 26.6 Å². The van der Waals surface area contributed by atoms with Crippen LogP contribution in [0.25, 0.3) is 33.3 Å². The van der Waals surface area contributed by atoms with E-state index in [0.29, 0.717) is 32.8 Å². The highest BCUT2D eigenvalue weighted by Crippen LogP contribution is 2.56. The van der Waals surface area contributed by atoms with Crippen molar-refractivity contribution in [2.75, 3.05) is 0 Å². The fourth-order valence-corrected chi connectivity index (χ4v) is 8.43. The van der Waals surface area contributed by atoms with Crippen LogP contribution >= 0.6 is 11.8 Å². The summed E-state index contributed by atoms with van der Waals surface area (Å²) < 4.78 is 7.41. The predicted molar refractivity (Wildman–Crippen MR) is 173 cm³/mol. The largest absolute Gasteiger partial charge is 0.488 e. The van der Waals surface area contributed by atoms with E-state index in [9.17, 15) is 34.9 Å². The second-order valence-electron chi connectivity index (χ2n) is 11.8. The Morgan fingerprint density at radius 3 is 2.45 bits per heavy atom. The number of pyridine rings is 2. The molecule has 0 spiro atoms. The Kier molecular flexibility index (Phi) is 6.62. The summed E-state index contributed by atoms with van der Waals surface area (Å²) in [5.41, 5.74) is 3.69. The van der Waals surface area contributed by atoms with Gasteiger partial charge in [0.25, 0.3) is 16.9 Å². The second-order valence-corrected chi connectivity index (χ2v) is 13.0. The number of hydrogen-bond acceptors (Lipinski definition) is 9. The SMILES string of the molecule is O=C(O)C1CC(c2ccccc2[N+](=O)[O-])Sc2c(C3CC3)c3c(-c4ccccc4)c4c(nc3c(=O)n21)-c1ccc([N+](=O)[O-])cc1OC4. The molecule has 1 fully saturated rings. The first-order chi connectivity index (χ1) is 22.7. The smallest absolute Gasteiger partial charge is 0.326 e. The molecular weight excluding hydrogens is 624 g/mol. The molecule has 0 amide bonds. The Balaban J connectivity index is 1.47. The van der Waals surface area contributed by atoms with E-state index in [1.165, 1.54) is 34.5 Å². The number of nitrogens with zero attached hydrogens (tertiary/aromatic N) is 4. The minimum absolute atomic E-state index is 0.0209. The second kappa shape index (κ2) is 10.8. The number of aromatic nitrogens is 2. The third-order valence-electron chi connectivity index (χ3n) is 9.06. The molecular formula is C34H24N4O8S. The number of hydrogen-bond donors (Lipinski definition) is 1. The van der Waals surface area contributed by atoms with Crippen LogP contribution in [-0.2, 0) is 11.4 Å². The first kappa shape index (κ1) is 28.9. The van der Waals surface area contributed by atoms with E-state index in [1.54, 1.807) is 24.3 Å². The molecule has 3 aliphatic rings. The van der Waals surface area contributed by atoms with Crippen molar-refractivity contribution in [1.29, 1.82) is 0 Å². The van der Waals surface area contributed by atoms with Gasteiger partial charge in [-0.25, -0.2) is 9.78 Å². The maximum atomic E-state index is 14.6. The molecule has 0 bridgehead atoms. The highest BCUT2D eigenvalue weighted by Gasteiger charge is 2.42. The Labute approximate surface area is 269 Å². The van der Waals surface area contributed by atoms with Crippen LogP contribution < -0.4 is 10.3 Å². The first-order valence-corrected chi connectivity index (χ1v) is 15.9. The summed E-state index contributed by atoms with van der Waals surface area (Å²) in [4.78, 5) is 54.9. The molecule has 234 valence electrons. The highest BCUT2D eigenvalue weighted by atomic mass is 32.2. The van der Waals surface area contributed by atoms with Gasteiger partial charge in [0.1, 0.15) is 23.9 Å². The normalized spacial score (nSPS) is 18.0. The zero-order valence-electron chi connectivity index (χ0n) is 24.5. The maximum absolute atomic E-state index is 14.6. The number of carboxylic acid groups (broad SMARTS) is 1. The number of ether oxygens (including phenoxy) is 1. The van der Waals surface area contributed by atoms with Crippen LogP contribution in [0, 0.1) is 20.2 Å². The third-order valence-corrected chi connectivity index (χ3v) is 10.4. The lowest BCUT2D eigenvalue weighted by Crippen LogP contribution is -2.36. The van der Waals surface area contributed by atoms with Gasteiger partial charge in [-0.15, -0.1) is 0 Å². The number of benzene rings is 3. The molecule has 2 aromatic heterocycles. The molecule has 1 N–H and O–H groups in total.